The summed E-state index contributed by atoms with van der Waals surface area (Å²) in [7, 11) is 1.40. The smallest absolute Gasteiger partial charge is 0.169 e. The molecule has 112 valence electrons. The average molecular weight is 301 g/mol. The first-order valence-corrected chi connectivity index (χ1v) is 6.68. The lowest BCUT2D eigenvalue weighted by atomic mass is 10.2. The van der Waals surface area contributed by atoms with E-state index in [0.29, 0.717) is 11.3 Å². The Hall–Kier alpha value is -2.69. The molecule has 2 aromatic carbocycles. The molecule has 0 atom stereocenters. The molecule has 1 aromatic heterocycles. The van der Waals surface area contributed by atoms with Gasteiger partial charge in [0.15, 0.2) is 11.6 Å². The van der Waals surface area contributed by atoms with Crippen molar-refractivity contribution < 1.29 is 18.3 Å². The predicted molar refractivity (Wildman–Crippen MR) is 79.0 cm³/mol. The highest BCUT2D eigenvalue weighted by Crippen LogP contribution is 2.28. The van der Waals surface area contributed by atoms with E-state index in [1.807, 2.05) is 24.3 Å². The topological polar surface area (TPSA) is 31.4 Å². The molecule has 0 unspecified atom stereocenters. The van der Waals surface area contributed by atoms with E-state index < -0.39 is 11.6 Å². The van der Waals surface area contributed by atoms with Crippen molar-refractivity contribution >= 4 is 10.9 Å². The zero-order valence-electron chi connectivity index (χ0n) is 11.8. The number of pyridine rings is 1. The van der Waals surface area contributed by atoms with Gasteiger partial charge in [0.2, 0.25) is 0 Å². The monoisotopic (exact) mass is 301 g/mol. The van der Waals surface area contributed by atoms with Crippen LogP contribution in [0.4, 0.5) is 8.78 Å². The minimum atomic E-state index is -0.965. The van der Waals surface area contributed by atoms with Gasteiger partial charge in [0.1, 0.15) is 23.6 Å². The quantitative estimate of drug-likeness (QED) is 0.727. The van der Waals surface area contributed by atoms with Gasteiger partial charge in [-0.15, -0.1) is 0 Å². The van der Waals surface area contributed by atoms with Crippen LogP contribution in [-0.2, 0) is 6.61 Å². The van der Waals surface area contributed by atoms with Crippen LogP contribution < -0.4 is 9.47 Å². The number of halogens is 2. The molecule has 0 saturated heterocycles. The first kappa shape index (κ1) is 14.3. The first-order chi connectivity index (χ1) is 10.7. The van der Waals surface area contributed by atoms with E-state index in [-0.39, 0.29) is 17.9 Å². The lowest BCUT2D eigenvalue weighted by Gasteiger charge is -2.12. The van der Waals surface area contributed by atoms with Crippen molar-refractivity contribution in [3.05, 3.63) is 65.9 Å². The van der Waals surface area contributed by atoms with Gasteiger partial charge in [-0.3, -0.25) is 4.98 Å². The number of ether oxygens (including phenoxy) is 2. The van der Waals surface area contributed by atoms with E-state index in [1.54, 1.807) is 12.3 Å². The Labute approximate surface area is 126 Å². The summed E-state index contributed by atoms with van der Waals surface area (Å²) >= 11 is 0. The van der Waals surface area contributed by atoms with Crippen LogP contribution in [-0.4, -0.2) is 12.1 Å². The number of benzene rings is 2. The summed E-state index contributed by atoms with van der Waals surface area (Å²) in [4.78, 5) is 4.25. The molecule has 0 aliphatic rings. The summed E-state index contributed by atoms with van der Waals surface area (Å²) in [5, 5.41) is 0.909. The molecule has 0 radical (unpaired) electrons. The van der Waals surface area contributed by atoms with Gasteiger partial charge < -0.3 is 9.47 Å². The molecule has 0 bridgehead atoms. The molecule has 22 heavy (non-hydrogen) atoms. The van der Waals surface area contributed by atoms with Crippen molar-refractivity contribution in [3.63, 3.8) is 0 Å². The number of rotatable bonds is 4. The van der Waals surface area contributed by atoms with Gasteiger partial charge in [-0.25, -0.2) is 8.78 Å². The molecule has 3 rings (SSSR count). The van der Waals surface area contributed by atoms with Gasteiger partial charge in [0.05, 0.1) is 12.7 Å². The number of aromatic nitrogens is 1. The minimum absolute atomic E-state index is 0.0374. The highest BCUT2D eigenvalue weighted by atomic mass is 19.2. The number of methoxy groups -OCH3 is 1. The normalized spacial score (nSPS) is 10.7. The fourth-order valence-electron chi connectivity index (χ4n) is 2.24. The van der Waals surface area contributed by atoms with Crippen molar-refractivity contribution in [3.8, 4) is 11.5 Å². The van der Waals surface area contributed by atoms with E-state index >= 15 is 0 Å². The molecular formula is C17H13F2NO2. The van der Waals surface area contributed by atoms with Crippen LogP contribution in [0.1, 0.15) is 5.56 Å². The van der Waals surface area contributed by atoms with Crippen molar-refractivity contribution in [1.82, 2.24) is 4.98 Å². The lowest BCUT2D eigenvalue weighted by Crippen LogP contribution is -2.04. The number of nitrogens with zero attached hydrogens (tertiary/aromatic N) is 1. The predicted octanol–water partition coefficient (Wildman–Crippen LogP) is 4.10. The largest absolute Gasteiger partial charge is 0.496 e. The van der Waals surface area contributed by atoms with Crippen LogP contribution >= 0.6 is 0 Å². The highest BCUT2D eigenvalue weighted by molar-refractivity contribution is 5.84. The van der Waals surface area contributed by atoms with Gasteiger partial charge in [-0.2, -0.15) is 0 Å². The Morgan fingerprint density at radius 3 is 2.64 bits per heavy atom. The average Bonchev–Trinajstić information content (AvgIpc) is 2.56. The molecule has 3 nitrogen and oxygen atoms in total. The van der Waals surface area contributed by atoms with Crippen molar-refractivity contribution in [2.45, 2.75) is 6.61 Å². The summed E-state index contributed by atoms with van der Waals surface area (Å²) < 4.78 is 38.0. The molecule has 0 saturated carbocycles. The molecular weight excluding hydrogens is 288 g/mol. The van der Waals surface area contributed by atoms with Crippen molar-refractivity contribution in [2.24, 2.45) is 0 Å². The summed E-state index contributed by atoms with van der Waals surface area (Å²) in [5.74, 6) is -1.15. The fourth-order valence-corrected chi connectivity index (χ4v) is 2.24. The maximum Gasteiger partial charge on any atom is 0.169 e. The SMILES string of the molecule is COc1ccc(F)c(F)c1COc1cccc2cccnc12. The van der Waals surface area contributed by atoms with Crippen LogP contribution in [0, 0.1) is 11.6 Å². The van der Waals surface area contributed by atoms with Gasteiger partial charge in [0, 0.05) is 11.6 Å². The Morgan fingerprint density at radius 2 is 1.82 bits per heavy atom. The molecule has 0 amide bonds. The van der Waals surface area contributed by atoms with Gasteiger partial charge >= 0.3 is 0 Å². The second-order valence-electron chi connectivity index (χ2n) is 4.66. The summed E-state index contributed by atoms with van der Waals surface area (Å²) in [5.41, 5.74) is 0.705. The van der Waals surface area contributed by atoms with Gasteiger partial charge in [-0.05, 0) is 24.3 Å². The molecule has 0 aliphatic carbocycles. The third-order valence-electron chi connectivity index (χ3n) is 3.34. The molecule has 0 N–H and O–H groups in total. The summed E-state index contributed by atoms with van der Waals surface area (Å²) in [6, 6.07) is 11.6. The molecule has 5 heteroatoms. The zero-order chi connectivity index (χ0) is 15.5. The number of fused-ring (bicyclic) bond motifs is 1. The minimum Gasteiger partial charge on any atom is -0.496 e. The van der Waals surface area contributed by atoms with Crippen molar-refractivity contribution in [1.29, 1.82) is 0 Å². The van der Waals surface area contributed by atoms with E-state index in [0.717, 1.165) is 11.5 Å². The third kappa shape index (κ3) is 2.57. The fraction of sp³-hybridized carbons (Fsp3) is 0.118. The van der Waals surface area contributed by atoms with E-state index in [2.05, 4.69) is 4.98 Å². The Kier molecular flexibility index (Phi) is 3.87. The lowest BCUT2D eigenvalue weighted by molar-refractivity contribution is 0.288. The highest BCUT2D eigenvalue weighted by Gasteiger charge is 2.15. The van der Waals surface area contributed by atoms with Crippen LogP contribution in [0.5, 0.6) is 11.5 Å². The van der Waals surface area contributed by atoms with Crippen LogP contribution in [0.25, 0.3) is 10.9 Å². The van der Waals surface area contributed by atoms with Crippen LogP contribution in [0.3, 0.4) is 0 Å². The number of hydrogen-bond donors (Lipinski definition) is 0. The molecule has 3 aromatic rings. The number of para-hydroxylation sites is 1. The summed E-state index contributed by atoms with van der Waals surface area (Å²) in [6.45, 7) is -0.150. The Bertz CT molecular complexity index is 816. The van der Waals surface area contributed by atoms with Gasteiger partial charge in [-0.1, -0.05) is 18.2 Å². The maximum atomic E-state index is 13.9. The molecule has 0 spiro atoms. The van der Waals surface area contributed by atoms with E-state index in [1.165, 1.54) is 13.2 Å². The van der Waals surface area contributed by atoms with E-state index in [9.17, 15) is 8.78 Å². The second kappa shape index (κ2) is 5.97. The Balaban J connectivity index is 1.93. The van der Waals surface area contributed by atoms with Crippen LogP contribution in [0.15, 0.2) is 48.7 Å². The zero-order valence-corrected chi connectivity index (χ0v) is 11.8. The maximum absolute atomic E-state index is 13.9. The Morgan fingerprint density at radius 1 is 1.00 bits per heavy atom. The second-order valence-corrected chi connectivity index (χ2v) is 4.66. The first-order valence-electron chi connectivity index (χ1n) is 6.68. The number of hydrogen-bond acceptors (Lipinski definition) is 3. The van der Waals surface area contributed by atoms with Gasteiger partial charge in [0.25, 0.3) is 0 Å². The third-order valence-corrected chi connectivity index (χ3v) is 3.34. The molecule has 1 heterocycles. The summed E-state index contributed by atoms with van der Waals surface area (Å²) in [6.07, 6.45) is 1.65. The van der Waals surface area contributed by atoms with Crippen molar-refractivity contribution in [2.75, 3.05) is 7.11 Å². The van der Waals surface area contributed by atoms with Crippen LogP contribution in [0.2, 0.25) is 0 Å². The molecule has 0 aliphatic heterocycles. The van der Waals surface area contributed by atoms with E-state index in [4.69, 9.17) is 9.47 Å². The molecule has 0 fully saturated rings. The standard InChI is InChI=1S/C17H13F2NO2/c1-21-14-8-7-13(18)16(19)12(14)10-22-15-6-2-4-11-5-3-9-20-17(11)15/h2-9H,10H2,1H3.